The molecule has 5 aliphatic heterocycles. The average molecular weight is 1980 g/mol. The molecule has 5 aliphatic rings. The van der Waals surface area contributed by atoms with Crippen molar-refractivity contribution in [2.24, 2.45) is 23.2 Å². The molecule has 5 fully saturated rings. The van der Waals surface area contributed by atoms with Crippen molar-refractivity contribution in [3.63, 3.8) is 0 Å². The molecule has 8 aromatic heterocycles. The molecule has 5 saturated heterocycles. The van der Waals surface area contributed by atoms with E-state index in [-0.39, 0.29) is 111 Å². The van der Waals surface area contributed by atoms with Gasteiger partial charge in [0.25, 0.3) is 41.4 Å². The lowest BCUT2D eigenvalue weighted by molar-refractivity contribution is -0.146. The molecule has 3 N–H and O–H groups in total. The van der Waals surface area contributed by atoms with E-state index in [9.17, 15) is 71.2 Å². The monoisotopic (exact) mass is 1980 g/mol. The van der Waals surface area contributed by atoms with Crippen molar-refractivity contribution in [3.8, 4) is 45.0 Å². The fourth-order valence-corrected chi connectivity index (χ4v) is 19.3. The summed E-state index contributed by atoms with van der Waals surface area (Å²) in [4.78, 5) is 138. The molecule has 0 spiro atoms. The molecule has 0 bridgehead atoms. The van der Waals surface area contributed by atoms with Crippen LogP contribution in [0.3, 0.4) is 0 Å². The normalized spacial score (nSPS) is 17.3. The maximum absolute atomic E-state index is 13.6. The fourth-order valence-electron chi connectivity index (χ4n) is 19.3. The molecule has 4 atom stereocenters. The minimum absolute atomic E-state index is 0.0542. The third kappa shape index (κ3) is 24.5. The molecule has 17 rings (SSSR count). The number of fused-ring (bicyclic) bond motifs is 4. The number of amides is 8. The highest BCUT2D eigenvalue weighted by Gasteiger charge is 2.46. The van der Waals surface area contributed by atoms with Gasteiger partial charge in [0.05, 0.1) is 64.2 Å². The van der Waals surface area contributed by atoms with Crippen LogP contribution in [0.5, 0.6) is 0 Å². The molecule has 13 heterocycles. The second kappa shape index (κ2) is 44.5. The van der Waals surface area contributed by atoms with Gasteiger partial charge in [0.15, 0.2) is 22.6 Å². The average Bonchev–Trinajstić information content (AvgIpc) is 1.61. The van der Waals surface area contributed by atoms with E-state index in [2.05, 4.69) is 40.3 Å². The summed E-state index contributed by atoms with van der Waals surface area (Å²) in [6, 6.07) is 32.2. The Morgan fingerprint density at radius 2 is 0.715 bits per heavy atom. The van der Waals surface area contributed by atoms with Crippen molar-refractivity contribution >= 4 is 69.8 Å². The fraction of sp³-hybridized carbons (Fsp3) is 0.481. The first kappa shape index (κ1) is 106. The first-order valence-electron chi connectivity index (χ1n) is 49.9. The van der Waals surface area contributed by atoms with Gasteiger partial charge in [-0.25, -0.2) is 55.6 Å². The maximum Gasteiger partial charge on any atom is 0.274 e. The summed E-state index contributed by atoms with van der Waals surface area (Å²) in [5, 5.41) is 49.5. The van der Waals surface area contributed by atoms with Crippen LogP contribution in [-0.2, 0) is 49.6 Å². The van der Waals surface area contributed by atoms with E-state index in [4.69, 9.17) is 4.74 Å². The Labute approximate surface area is 836 Å². The van der Waals surface area contributed by atoms with E-state index in [1.165, 1.54) is 48.5 Å². The van der Waals surface area contributed by atoms with Crippen molar-refractivity contribution in [2.75, 3.05) is 91.8 Å². The Morgan fingerprint density at radius 3 is 1.00 bits per heavy atom. The molecule has 36 heteroatoms. The van der Waals surface area contributed by atoms with E-state index in [0.717, 1.165) is 77.0 Å². The number of carbonyl (C=O) groups is 8. The van der Waals surface area contributed by atoms with Gasteiger partial charge in [0.2, 0.25) is 5.91 Å². The van der Waals surface area contributed by atoms with Crippen LogP contribution in [0.25, 0.3) is 67.6 Å². The zero-order valence-corrected chi connectivity index (χ0v) is 85.6. The zero-order valence-electron chi connectivity index (χ0n) is 85.6. The Balaban J connectivity index is 0.000000152. The van der Waals surface area contributed by atoms with Crippen molar-refractivity contribution in [1.82, 2.24) is 97.6 Å². The van der Waals surface area contributed by atoms with Gasteiger partial charge in [-0.3, -0.25) is 38.4 Å². The number of aryl methyl sites for hydroxylation is 4. The van der Waals surface area contributed by atoms with E-state index in [1.54, 1.807) is 140 Å². The second-order valence-electron chi connectivity index (χ2n) is 41.9. The first-order chi connectivity index (χ1) is 68.2. The lowest BCUT2D eigenvalue weighted by atomic mass is 9.88. The Kier molecular flexibility index (Phi) is 32.9. The number of carbonyl (C=O) groups excluding carboxylic acids is 8. The molecule has 144 heavy (non-hydrogen) atoms. The summed E-state index contributed by atoms with van der Waals surface area (Å²) in [6.45, 7) is 41.0. The Bertz CT molecular complexity index is 6670. The molecule has 0 unspecified atom stereocenters. The number of benzene rings is 4. The number of aliphatic hydroxyl groups excluding tert-OH is 3. The van der Waals surface area contributed by atoms with Gasteiger partial charge in [-0.15, -0.1) is 0 Å². The quantitative estimate of drug-likeness (QED) is 0.0563. The van der Waals surface area contributed by atoms with Crippen LogP contribution < -0.4 is 0 Å². The molecule has 12 aromatic rings. The van der Waals surface area contributed by atoms with E-state index >= 15 is 0 Å². The summed E-state index contributed by atoms with van der Waals surface area (Å²) in [6.07, 6.45) is 9.38. The Hall–Kier alpha value is -13.3. The highest BCUT2D eigenvalue weighted by atomic mass is 19.1. The van der Waals surface area contributed by atoms with E-state index in [1.807, 2.05) is 140 Å². The van der Waals surface area contributed by atoms with Gasteiger partial charge in [0.1, 0.15) is 64.4 Å². The number of nitrogens with zero attached hydrogens (tertiary/aromatic N) is 20. The molecule has 8 amide bonds. The van der Waals surface area contributed by atoms with Crippen LogP contribution >= 0.6 is 0 Å². The van der Waals surface area contributed by atoms with Crippen LogP contribution in [0.4, 0.5) is 17.6 Å². The number of aliphatic hydroxyl groups is 3. The highest BCUT2D eigenvalue weighted by Crippen LogP contribution is 2.35. The van der Waals surface area contributed by atoms with Gasteiger partial charge in [-0.1, -0.05) is 76.2 Å². The van der Waals surface area contributed by atoms with Gasteiger partial charge >= 0.3 is 0 Å². The molecule has 4 aromatic carbocycles. The third-order valence-corrected chi connectivity index (χ3v) is 27.3. The predicted octanol–water partition coefficient (Wildman–Crippen LogP) is 14.3. The second-order valence-corrected chi connectivity index (χ2v) is 41.9. The summed E-state index contributed by atoms with van der Waals surface area (Å²) in [7, 11) is 0. The minimum Gasteiger partial charge on any atom is -0.383 e. The molecular weight excluding hydrogens is 1850 g/mol. The summed E-state index contributed by atoms with van der Waals surface area (Å²) >= 11 is 0. The number of halogens is 4. The van der Waals surface area contributed by atoms with E-state index < -0.39 is 34.9 Å². The molecule has 0 saturated carbocycles. The predicted molar refractivity (Wildman–Crippen MR) is 538 cm³/mol. The number of hydrogen-bond donors (Lipinski definition) is 3. The maximum atomic E-state index is 13.6. The van der Waals surface area contributed by atoms with Crippen LogP contribution in [0.2, 0.25) is 0 Å². The summed E-state index contributed by atoms with van der Waals surface area (Å²) in [5.41, 5.74) is 11.1. The number of ether oxygens (including phenoxy) is 1. The molecule has 766 valence electrons. The molecule has 0 radical (unpaired) electrons. The summed E-state index contributed by atoms with van der Waals surface area (Å²) in [5.74, 6) is -2.42. The van der Waals surface area contributed by atoms with Gasteiger partial charge in [-0.2, -0.15) is 20.4 Å². The van der Waals surface area contributed by atoms with Gasteiger partial charge < -0.3 is 59.3 Å². The molecular formula is C108H134F4N20O12. The highest BCUT2D eigenvalue weighted by molar-refractivity contribution is 5.97. The van der Waals surface area contributed by atoms with Crippen LogP contribution in [-0.4, -0.2) is 293 Å². The SMILES string of the molecule is CCc1cc(-c2ccc(F)cc2)nn2cc(C(=O)N3CCN(C(=O)CC4CCOCC4)[C@@H](C)C3)nc12.CCc1cc(-c2ccc(F)cc2)nn2cc(C(=O)N3CCN(C(=O)[C@H](O)C(C)C)CC3(C)C)nc12.CCc1cc(-c2ccc(F)cc2)nn2cc(C(=O)N3CCN(C(=O)[C@H](O)CC(C)(C)C)CC3(C)C)nc12.CCc1cc(-c2ccc(F)cc2)nn2cc(C(=O)N3CCN(C(=O)[C@H](O)CC(C)C)CC3(C)C)nc12. The first-order valence-corrected chi connectivity index (χ1v) is 49.9. The number of piperazine rings is 4. The number of aromatic nitrogens is 12. The number of rotatable bonds is 21. The summed E-state index contributed by atoms with van der Waals surface area (Å²) < 4.78 is 65.4. The topological polar surface area (TPSA) is 353 Å². The van der Waals surface area contributed by atoms with Crippen molar-refractivity contribution in [1.29, 1.82) is 0 Å². The number of hydrogen-bond acceptors (Lipinski definition) is 20. The smallest absolute Gasteiger partial charge is 0.274 e. The molecule has 32 nitrogen and oxygen atoms in total. The zero-order chi connectivity index (χ0) is 104. The van der Waals surface area contributed by atoms with Crippen LogP contribution in [0.15, 0.2) is 146 Å². The van der Waals surface area contributed by atoms with Crippen molar-refractivity contribution in [3.05, 3.63) is 214 Å². The minimum atomic E-state index is -1.06. The van der Waals surface area contributed by atoms with Crippen molar-refractivity contribution in [2.45, 2.75) is 223 Å². The van der Waals surface area contributed by atoms with E-state index in [0.29, 0.717) is 174 Å². The Morgan fingerprint density at radius 1 is 0.417 bits per heavy atom. The van der Waals surface area contributed by atoms with Gasteiger partial charge in [0, 0.05) is 126 Å². The van der Waals surface area contributed by atoms with Crippen molar-refractivity contribution < 1.29 is 76.0 Å². The van der Waals surface area contributed by atoms with Gasteiger partial charge in [-0.05, 0) is 267 Å². The lowest BCUT2D eigenvalue weighted by Gasteiger charge is -2.47. The van der Waals surface area contributed by atoms with Crippen LogP contribution in [0.1, 0.15) is 221 Å². The standard InChI is InChI=1S/C28H36FN5O3.C27H32FN5O3.C27H34FN5O3.C26H32FN5O3/c1-7-18-14-21(19-8-10-20(29)11-9-19)31-34-16-22(30-24(18)34)25(36)33-13-12-32(17-28(33,5)6)26(37)23(35)15-27(2,3)4;1-3-20-15-23(21-4-6-22(28)7-5-21)30-33-17-24(29-26(20)33)27(35)31-10-11-32(18(2)16-31)25(34)14-19-8-12-36-13-9-19;1-6-18-14-21(19-7-9-20(28)10-8-19)30-33-15-22(29-24(18)33)25(35)32-12-11-31(16-27(32,4)5)26(36)23(34)13-17(2)3;1-6-17-13-20(18-7-9-19(27)10-8-18)29-32-14-21(28-23(17)32)24(34)31-12-11-30(15-26(31,4)5)25(35)22(33)16(2)3/h8-11,14,16,23,35H,7,12-13,15,17H2,1-6H3;4-7,15,17-19H,3,8-14,16H2,1-2H3;7-10,14-15,17,23,34H,6,11-13,16H2,1-5H3;7-10,13-14,16,22,33H,6,11-12,15H2,1-5H3/t23-;18-;23-;22-/m1011/s1. The number of imidazole rings is 4. The third-order valence-electron chi connectivity index (χ3n) is 27.3. The molecule has 0 aliphatic carbocycles. The largest absolute Gasteiger partial charge is 0.383 e. The lowest BCUT2D eigenvalue weighted by Crippen LogP contribution is -2.63. The van der Waals surface area contributed by atoms with Crippen LogP contribution in [0, 0.1) is 46.4 Å².